The molecule has 0 aromatic heterocycles. The van der Waals surface area contributed by atoms with Crippen LogP contribution in [-0.2, 0) is 25.6 Å². The first-order chi connectivity index (χ1) is 19.0. The first-order valence-corrected chi connectivity index (χ1v) is 12.8. The minimum absolute atomic E-state index is 0.0560. The van der Waals surface area contributed by atoms with Crippen molar-refractivity contribution in [3.8, 4) is 5.75 Å². The number of primary amides is 1. The number of carbonyl (C=O) groups is 4. The molecule has 0 saturated heterocycles. The van der Waals surface area contributed by atoms with Gasteiger partial charge in [0.1, 0.15) is 22.8 Å². The van der Waals surface area contributed by atoms with Crippen LogP contribution in [0.4, 0.5) is 15.8 Å². The van der Waals surface area contributed by atoms with E-state index in [9.17, 15) is 39.6 Å². The maximum atomic E-state index is 15.8. The molecule has 7 N–H and O–H groups in total. The molecule has 1 saturated carbocycles. The number of hydrogen-bond acceptors (Lipinski definition) is 11. The number of Topliss-reactive ketones (excluding diaryl/α,β-unsaturated/α-hetero) is 2. The van der Waals surface area contributed by atoms with Crippen molar-refractivity contribution in [3.05, 3.63) is 33.8 Å². The Bertz CT molecular complexity index is 1450. The SMILES string of the molecule is CN(C)CC(=O)Nc1c(O)c2c(c(N(C)C)c1F)CC1CC3[C@H](N(C)C)C(=O)C(C(N)=O)=C(O)[C@@]3(O)C(=O)C1=C2O. The van der Waals surface area contributed by atoms with E-state index in [-0.39, 0.29) is 41.8 Å². The number of anilines is 2. The van der Waals surface area contributed by atoms with Crippen LogP contribution in [0.3, 0.4) is 0 Å². The number of fused-ring (bicyclic) bond motifs is 3. The zero-order chi connectivity index (χ0) is 30.9. The molecule has 2 amide bonds. The lowest BCUT2D eigenvalue weighted by atomic mass is 9.57. The maximum Gasteiger partial charge on any atom is 0.255 e. The molecule has 0 heterocycles. The molecule has 3 aliphatic carbocycles. The number of nitrogens with two attached hydrogens (primary N) is 1. The Balaban J connectivity index is 1.98. The van der Waals surface area contributed by atoms with Crippen molar-refractivity contribution in [1.29, 1.82) is 0 Å². The van der Waals surface area contributed by atoms with E-state index < -0.39 is 81.2 Å². The van der Waals surface area contributed by atoms with E-state index in [1.807, 2.05) is 0 Å². The minimum atomic E-state index is -2.80. The number of ketones is 2. The third-order valence-corrected chi connectivity index (χ3v) is 7.97. The second kappa shape index (κ2) is 10.1. The summed E-state index contributed by atoms with van der Waals surface area (Å²) in [6, 6.07) is -1.24. The largest absolute Gasteiger partial charge is 0.508 e. The van der Waals surface area contributed by atoms with Crippen molar-refractivity contribution in [2.24, 2.45) is 17.6 Å². The minimum Gasteiger partial charge on any atom is -0.508 e. The molecular weight excluding hydrogens is 541 g/mol. The topological polar surface area (TPSA) is 197 Å². The Hall–Kier alpha value is -4.01. The van der Waals surface area contributed by atoms with Crippen LogP contribution < -0.4 is 16.0 Å². The number of carbonyl (C=O) groups excluding carboxylic acids is 4. The fourth-order valence-electron chi connectivity index (χ4n) is 6.37. The molecule has 1 aromatic rings. The highest BCUT2D eigenvalue weighted by Crippen LogP contribution is 2.55. The number of phenols is 1. The van der Waals surface area contributed by atoms with E-state index in [1.54, 1.807) is 14.1 Å². The molecular formula is C27H34FN5O8. The van der Waals surface area contributed by atoms with Gasteiger partial charge in [-0.2, -0.15) is 0 Å². The summed E-state index contributed by atoms with van der Waals surface area (Å²) in [6.07, 6.45) is -0.235. The van der Waals surface area contributed by atoms with Crippen molar-refractivity contribution < 1.29 is 44.0 Å². The highest BCUT2D eigenvalue weighted by Gasteiger charge is 2.64. The Kier molecular flexibility index (Phi) is 7.39. The third-order valence-electron chi connectivity index (χ3n) is 7.97. The quantitative estimate of drug-likeness (QED) is 0.192. The average molecular weight is 576 g/mol. The molecule has 0 aliphatic heterocycles. The summed E-state index contributed by atoms with van der Waals surface area (Å²) in [5, 5.41) is 47.6. The number of benzene rings is 1. The van der Waals surface area contributed by atoms with E-state index in [0.29, 0.717) is 0 Å². The van der Waals surface area contributed by atoms with Gasteiger partial charge < -0.3 is 41.3 Å². The van der Waals surface area contributed by atoms with Gasteiger partial charge in [0.25, 0.3) is 5.91 Å². The van der Waals surface area contributed by atoms with Gasteiger partial charge in [0.15, 0.2) is 23.0 Å². The molecule has 1 aromatic carbocycles. The number of halogens is 1. The van der Waals surface area contributed by atoms with Crippen LogP contribution in [0, 0.1) is 17.7 Å². The normalized spacial score (nSPS) is 25.8. The smallest absolute Gasteiger partial charge is 0.255 e. The monoisotopic (exact) mass is 575 g/mol. The molecule has 0 spiro atoms. The fraction of sp³-hybridized carbons (Fsp3) is 0.481. The van der Waals surface area contributed by atoms with Gasteiger partial charge in [-0.15, -0.1) is 0 Å². The van der Waals surface area contributed by atoms with Crippen molar-refractivity contribution >= 4 is 40.5 Å². The lowest BCUT2D eigenvalue weighted by molar-refractivity contribution is -0.153. The van der Waals surface area contributed by atoms with Crippen LogP contribution in [0.5, 0.6) is 5.75 Å². The average Bonchev–Trinajstić information content (AvgIpc) is 2.82. The summed E-state index contributed by atoms with van der Waals surface area (Å²) in [4.78, 5) is 56.1. The van der Waals surface area contributed by atoms with E-state index in [1.165, 1.54) is 42.9 Å². The number of aliphatic hydroxyl groups is 3. The van der Waals surface area contributed by atoms with Crippen molar-refractivity contribution in [3.63, 3.8) is 0 Å². The number of phenolic OH excluding ortho intramolecular Hbond substituents is 1. The summed E-state index contributed by atoms with van der Waals surface area (Å²) in [7, 11) is 9.28. The van der Waals surface area contributed by atoms with Crippen molar-refractivity contribution in [2.45, 2.75) is 24.5 Å². The lowest BCUT2D eigenvalue weighted by Gasteiger charge is -2.50. The zero-order valence-corrected chi connectivity index (χ0v) is 23.6. The number of rotatable bonds is 6. The van der Waals surface area contributed by atoms with Gasteiger partial charge >= 0.3 is 0 Å². The van der Waals surface area contributed by atoms with E-state index in [2.05, 4.69) is 5.32 Å². The van der Waals surface area contributed by atoms with E-state index in [0.717, 1.165) is 0 Å². The standard InChI is InChI=1S/C27H34FN5O8/c1-31(2)9-13(34)30-18-17(28)19(32(3)4)11-7-10-8-12-20(33(5)6)23(37)16(26(29)40)25(39)27(12,41)24(38)14(10)21(35)15(11)22(18)36/h10,12,20,35-36,39,41H,7-9H2,1-6H3,(H2,29,40)(H,30,34)/t10?,12?,20-,27-/m0/s1. The molecule has 41 heavy (non-hydrogen) atoms. The van der Waals surface area contributed by atoms with Gasteiger partial charge in [-0.1, -0.05) is 0 Å². The molecule has 13 nitrogen and oxygen atoms in total. The number of nitrogens with one attached hydrogen (secondary N) is 1. The molecule has 4 rings (SSSR count). The van der Waals surface area contributed by atoms with Gasteiger partial charge in [0.2, 0.25) is 11.7 Å². The molecule has 2 unspecified atom stereocenters. The Morgan fingerprint density at radius 1 is 1.10 bits per heavy atom. The predicted molar refractivity (Wildman–Crippen MR) is 146 cm³/mol. The van der Waals surface area contributed by atoms with Crippen LogP contribution in [0.25, 0.3) is 5.76 Å². The van der Waals surface area contributed by atoms with Gasteiger partial charge in [-0.3, -0.25) is 24.1 Å². The second-order valence-electron chi connectivity index (χ2n) is 11.4. The number of aromatic hydroxyl groups is 1. The summed E-state index contributed by atoms with van der Waals surface area (Å²) in [5.41, 5.74) is 0.381. The van der Waals surface area contributed by atoms with Crippen LogP contribution in [-0.4, -0.2) is 114 Å². The molecule has 0 bridgehead atoms. The highest BCUT2D eigenvalue weighted by atomic mass is 19.1. The predicted octanol–water partition coefficient (Wildman–Crippen LogP) is -0.331. The number of likely N-dealkylation sites (N-methyl/N-ethyl adjacent to an activating group) is 2. The van der Waals surface area contributed by atoms with Gasteiger partial charge in [-0.25, -0.2) is 4.39 Å². The van der Waals surface area contributed by atoms with Gasteiger partial charge in [0, 0.05) is 25.6 Å². The van der Waals surface area contributed by atoms with E-state index in [4.69, 9.17) is 5.73 Å². The molecule has 14 heteroatoms. The first-order valence-electron chi connectivity index (χ1n) is 12.8. The molecule has 4 atom stereocenters. The number of nitrogens with zero attached hydrogens (tertiary/aromatic N) is 3. The Labute approximate surface area is 235 Å². The third kappa shape index (κ3) is 4.33. The van der Waals surface area contributed by atoms with Gasteiger partial charge in [-0.05, 0) is 52.5 Å². The van der Waals surface area contributed by atoms with Crippen LogP contribution >= 0.6 is 0 Å². The highest BCUT2D eigenvalue weighted by molar-refractivity contribution is 6.24. The van der Waals surface area contributed by atoms with Crippen LogP contribution in [0.1, 0.15) is 17.5 Å². The van der Waals surface area contributed by atoms with Crippen LogP contribution in [0.15, 0.2) is 16.9 Å². The Morgan fingerprint density at radius 2 is 1.71 bits per heavy atom. The van der Waals surface area contributed by atoms with Crippen LogP contribution in [0.2, 0.25) is 0 Å². The molecule has 1 fully saturated rings. The lowest BCUT2D eigenvalue weighted by Crippen LogP contribution is -2.65. The van der Waals surface area contributed by atoms with E-state index >= 15 is 4.39 Å². The second-order valence-corrected chi connectivity index (χ2v) is 11.4. The number of amides is 2. The van der Waals surface area contributed by atoms with Gasteiger partial charge in [0.05, 0.1) is 23.8 Å². The number of aliphatic hydroxyl groups excluding tert-OH is 2. The molecule has 222 valence electrons. The molecule has 3 aliphatic rings. The maximum absolute atomic E-state index is 15.8. The number of hydrogen-bond donors (Lipinski definition) is 6. The van der Waals surface area contributed by atoms with Crippen molar-refractivity contribution in [2.75, 3.05) is 59.0 Å². The first kappa shape index (κ1) is 30.0. The Morgan fingerprint density at radius 3 is 2.22 bits per heavy atom. The van der Waals surface area contributed by atoms with Crippen molar-refractivity contribution in [1.82, 2.24) is 9.80 Å². The fourth-order valence-corrected chi connectivity index (χ4v) is 6.37. The summed E-state index contributed by atoms with van der Waals surface area (Å²) >= 11 is 0. The summed E-state index contributed by atoms with van der Waals surface area (Å²) < 4.78 is 15.8. The molecule has 0 radical (unpaired) electrons. The summed E-state index contributed by atoms with van der Waals surface area (Å²) in [6.45, 7) is -0.144. The summed E-state index contributed by atoms with van der Waals surface area (Å²) in [5.74, 6) is -9.96. The zero-order valence-electron chi connectivity index (χ0n) is 23.6.